The molecule has 26 heavy (non-hydrogen) atoms. The van der Waals surface area contributed by atoms with Crippen LogP contribution in [0.2, 0.25) is 0 Å². The Morgan fingerprint density at radius 2 is 1.77 bits per heavy atom. The van der Waals surface area contributed by atoms with E-state index in [0.29, 0.717) is 17.1 Å². The minimum Gasteiger partial charge on any atom is -0.302 e. The number of hydrogen-bond acceptors (Lipinski definition) is 4. The summed E-state index contributed by atoms with van der Waals surface area (Å²) in [6, 6.07) is 19.4. The minimum absolute atomic E-state index is 0.246. The summed E-state index contributed by atoms with van der Waals surface area (Å²) < 4.78 is 4.90. The standard InChI is InChI=1S/C21H17N3O2/c1-13-10-11-14(2)18(12-13)19-20(24-26-23-19)22-21(25)17-9-5-7-15-6-3-4-8-16(15)17/h3-12H,1-2H3,(H,22,24,25). The average molecular weight is 343 g/mol. The SMILES string of the molecule is Cc1ccc(C)c(-c2nonc2NC(=O)c2cccc3ccccc23)c1. The normalized spacial score (nSPS) is 10.8. The van der Waals surface area contributed by atoms with Crippen molar-refractivity contribution >= 4 is 22.5 Å². The second kappa shape index (κ2) is 6.44. The van der Waals surface area contributed by atoms with Crippen LogP contribution in [-0.2, 0) is 0 Å². The molecular formula is C21H17N3O2. The molecule has 0 aliphatic rings. The van der Waals surface area contributed by atoms with E-state index < -0.39 is 0 Å². The van der Waals surface area contributed by atoms with Crippen LogP contribution in [0.15, 0.2) is 65.3 Å². The molecule has 1 amide bonds. The fourth-order valence-corrected chi connectivity index (χ4v) is 3.04. The highest BCUT2D eigenvalue weighted by Gasteiger charge is 2.18. The third-order valence-corrected chi connectivity index (χ3v) is 4.40. The number of nitrogens with one attached hydrogen (secondary N) is 1. The maximum atomic E-state index is 12.8. The molecule has 0 bridgehead atoms. The van der Waals surface area contributed by atoms with Gasteiger partial charge in [-0.2, -0.15) is 0 Å². The van der Waals surface area contributed by atoms with E-state index in [4.69, 9.17) is 4.63 Å². The summed E-state index contributed by atoms with van der Waals surface area (Å²) in [7, 11) is 0. The van der Waals surface area contributed by atoms with E-state index >= 15 is 0 Å². The molecule has 5 heteroatoms. The summed E-state index contributed by atoms with van der Waals surface area (Å²) in [5.74, 6) is 0.0701. The number of hydrogen-bond donors (Lipinski definition) is 1. The van der Waals surface area contributed by atoms with Crippen molar-refractivity contribution in [1.82, 2.24) is 10.3 Å². The Hall–Kier alpha value is -3.47. The third-order valence-electron chi connectivity index (χ3n) is 4.40. The highest BCUT2D eigenvalue weighted by Crippen LogP contribution is 2.29. The van der Waals surface area contributed by atoms with Crippen LogP contribution in [0, 0.1) is 13.8 Å². The van der Waals surface area contributed by atoms with Gasteiger partial charge in [0.15, 0.2) is 5.69 Å². The topological polar surface area (TPSA) is 68.0 Å². The highest BCUT2D eigenvalue weighted by atomic mass is 16.6. The van der Waals surface area contributed by atoms with Crippen molar-refractivity contribution in [3.63, 3.8) is 0 Å². The van der Waals surface area contributed by atoms with Crippen molar-refractivity contribution in [3.05, 3.63) is 77.4 Å². The molecule has 0 radical (unpaired) electrons. The molecule has 0 aliphatic carbocycles. The van der Waals surface area contributed by atoms with Crippen molar-refractivity contribution < 1.29 is 9.42 Å². The number of aryl methyl sites for hydroxylation is 2. The summed E-state index contributed by atoms with van der Waals surface area (Å²) in [4.78, 5) is 12.8. The lowest BCUT2D eigenvalue weighted by Gasteiger charge is -2.08. The molecule has 4 aromatic rings. The Kier molecular flexibility index (Phi) is 3.97. The molecule has 1 N–H and O–H groups in total. The molecular weight excluding hydrogens is 326 g/mol. The number of benzene rings is 3. The Bertz CT molecular complexity index is 1110. The summed E-state index contributed by atoms with van der Waals surface area (Å²) >= 11 is 0. The van der Waals surface area contributed by atoms with E-state index in [2.05, 4.69) is 15.6 Å². The van der Waals surface area contributed by atoms with Crippen molar-refractivity contribution in [1.29, 1.82) is 0 Å². The highest BCUT2D eigenvalue weighted by molar-refractivity contribution is 6.13. The number of nitrogens with zero attached hydrogens (tertiary/aromatic N) is 2. The second-order valence-corrected chi connectivity index (χ2v) is 6.26. The number of rotatable bonds is 3. The van der Waals surface area contributed by atoms with Gasteiger partial charge in [0.2, 0.25) is 5.82 Å². The molecule has 3 aromatic carbocycles. The lowest BCUT2D eigenvalue weighted by atomic mass is 10.0. The predicted octanol–water partition coefficient (Wildman–Crippen LogP) is 4.76. The largest absolute Gasteiger partial charge is 0.302 e. The van der Waals surface area contributed by atoms with E-state index in [1.165, 1.54) is 0 Å². The van der Waals surface area contributed by atoms with Crippen molar-refractivity contribution in [3.8, 4) is 11.3 Å². The molecule has 0 fully saturated rings. The van der Waals surface area contributed by atoms with Crippen LogP contribution in [0.25, 0.3) is 22.0 Å². The van der Waals surface area contributed by atoms with Gasteiger partial charge in [0.25, 0.3) is 5.91 Å². The van der Waals surface area contributed by atoms with Crippen LogP contribution >= 0.6 is 0 Å². The van der Waals surface area contributed by atoms with Crippen molar-refractivity contribution in [2.75, 3.05) is 5.32 Å². The summed E-state index contributed by atoms with van der Waals surface area (Å²) in [5.41, 5.74) is 4.13. The van der Waals surface area contributed by atoms with Gasteiger partial charge in [0.1, 0.15) is 0 Å². The smallest absolute Gasteiger partial charge is 0.257 e. The Labute approximate surface area is 150 Å². The quantitative estimate of drug-likeness (QED) is 0.582. The number of amides is 1. The molecule has 0 spiro atoms. The van der Waals surface area contributed by atoms with Gasteiger partial charge in [-0.15, -0.1) is 0 Å². The zero-order valence-electron chi connectivity index (χ0n) is 14.5. The Morgan fingerprint density at radius 1 is 0.962 bits per heavy atom. The maximum absolute atomic E-state index is 12.8. The predicted molar refractivity (Wildman–Crippen MR) is 101 cm³/mol. The van der Waals surface area contributed by atoms with Gasteiger partial charge in [-0.3, -0.25) is 4.79 Å². The van der Waals surface area contributed by atoms with Crippen molar-refractivity contribution in [2.45, 2.75) is 13.8 Å². The Balaban J connectivity index is 1.72. The molecule has 1 heterocycles. The van der Waals surface area contributed by atoms with Gasteiger partial charge >= 0.3 is 0 Å². The monoisotopic (exact) mass is 343 g/mol. The summed E-state index contributed by atoms with van der Waals surface area (Å²) in [6.45, 7) is 3.99. The van der Waals surface area contributed by atoms with Gasteiger partial charge in [0.05, 0.1) is 0 Å². The molecule has 1 aromatic heterocycles. The van der Waals surface area contributed by atoms with Crippen LogP contribution in [0.3, 0.4) is 0 Å². The van der Waals surface area contributed by atoms with Crippen LogP contribution < -0.4 is 5.32 Å². The first kappa shape index (κ1) is 16.0. The van der Waals surface area contributed by atoms with Crippen LogP contribution in [-0.4, -0.2) is 16.2 Å². The molecule has 0 saturated heterocycles. The number of aromatic nitrogens is 2. The fraction of sp³-hybridized carbons (Fsp3) is 0.0952. The lowest BCUT2D eigenvalue weighted by molar-refractivity contribution is 0.102. The second-order valence-electron chi connectivity index (χ2n) is 6.26. The number of anilines is 1. The number of carbonyl (C=O) groups excluding carboxylic acids is 1. The summed E-state index contributed by atoms with van der Waals surface area (Å²) in [6.07, 6.45) is 0. The lowest BCUT2D eigenvalue weighted by Crippen LogP contribution is -2.13. The molecule has 0 aliphatic heterocycles. The van der Waals surface area contributed by atoms with Crippen LogP contribution in [0.4, 0.5) is 5.82 Å². The van der Waals surface area contributed by atoms with E-state index in [-0.39, 0.29) is 5.91 Å². The van der Waals surface area contributed by atoms with Crippen molar-refractivity contribution in [2.24, 2.45) is 0 Å². The first-order valence-corrected chi connectivity index (χ1v) is 8.33. The van der Waals surface area contributed by atoms with E-state index in [1.54, 1.807) is 6.07 Å². The molecule has 0 unspecified atom stereocenters. The van der Waals surface area contributed by atoms with Gasteiger partial charge in [-0.05, 0) is 52.6 Å². The van der Waals surface area contributed by atoms with Gasteiger partial charge in [0, 0.05) is 11.1 Å². The maximum Gasteiger partial charge on any atom is 0.257 e. The third kappa shape index (κ3) is 2.84. The van der Waals surface area contributed by atoms with E-state index in [0.717, 1.165) is 27.5 Å². The fourth-order valence-electron chi connectivity index (χ4n) is 3.04. The number of fused-ring (bicyclic) bond motifs is 1. The molecule has 4 rings (SSSR count). The molecule has 128 valence electrons. The minimum atomic E-state index is -0.246. The molecule has 5 nitrogen and oxygen atoms in total. The van der Waals surface area contributed by atoms with E-state index in [1.807, 2.05) is 68.4 Å². The zero-order valence-corrected chi connectivity index (χ0v) is 14.5. The van der Waals surface area contributed by atoms with Gasteiger partial charge < -0.3 is 5.32 Å². The number of carbonyl (C=O) groups is 1. The average Bonchev–Trinajstić information content (AvgIpc) is 3.11. The first-order valence-electron chi connectivity index (χ1n) is 8.33. The summed E-state index contributed by atoms with van der Waals surface area (Å²) in [5, 5.41) is 12.6. The van der Waals surface area contributed by atoms with Crippen LogP contribution in [0.1, 0.15) is 21.5 Å². The first-order chi connectivity index (χ1) is 12.6. The molecule has 0 saturated carbocycles. The zero-order chi connectivity index (χ0) is 18.1. The van der Waals surface area contributed by atoms with Gasteiger partial charge in [-0.1, -0.05) is 54.1 Å². The van der Waals surface area contributed by atoms with E-state index in [9.17, 15) is 4.79 Å². The Morgan fingerprint density at radius 3 is 2.65 bits per heavy atom. The molecule has 0 atom stereocenters. The van der Waals surface area contributed by atoms with Gasteiger partial charge in [-0.25, -0.2) is 4.63 Å². The van der Waals surface area contributed by atoms with Crippen LogP contribution in [0.5, 0.6) is 0 Å².